The third kappa shape index (κ3) is 6.68. The van der Waals surface area contributed by atoms with E-state index in [4.69, 9.17) is 16.3 Å². The summed E-state index contributed by atoms with van der Waals surface area (Å²) < 4.78 is 5.65. The van der Waals surface area contributed by atoms with Crippen LogP contribution in [-0.2, 0) is 13.0 Å². The molecule has 0 spiro atoms. The summed E-state index contributed by atoms with van der Waals surface area (Å²) in [5.41, 5.74) is 5.02. The van der Waals surface area contributed by atoms with Crippen molar-refractivity contribution in [2.75, 3.05) is 39.3 Å². The molecule has 1 amide bonds. The number of piperidine rings is 1. The molecule has 2 aliphatic heterocycles. The highest BCUT2D eigenvalue weighted by Crippen LogP contribution is 2.29. The summed E-state index contributed by atoms with van der Waals surface area (Å²) in [5.74, 6) is 0.849. The van der Waals surface area contributed by atoms with Gasteiger partial charge in [0.25, 0.3) is 5.91 Å². The van der Waals surface area contributed by atoms with Gasteiger partial charge >= 0.3 is 0 Å². The minimum Gasteiger partial charge on any atom is -0.492 e. The zero-order valence-electron chi connectivity index (χ0n) is 23.4. The maximum absolute atomic E-state index is 13.1. The molecule has 3 heterocycles. The summed E-state index contributed by atoms with van der Waals surface area (Å²) in [6, 6.07) is 18.3. The molecule has 0 saturated carbocycles. The maximum atomic E-state index is 13.1. The highest BCUT2D eigenvalue weighted by Gasteiger charge is 2.32. The molecule has 0 radical (unpaired) electrons. The number of thiophene rings is 1. The van der Waals surface area contributed by atoms with Gasteiger partial charge in [0.05, 0.1) is 6.61 Å². The number of ether oxygens (including phenoxy) is 1. The minimum atomic E-state index is 0.122. The molecule has 7 heteroatoms. The van der Waals surface area contributed by atoms with Crippen molar-refractivity contribution < 1.29 is 9.53 Å². The summed E-state index contributed by atoms with van der Waals surface area (Å²) in [6.07, 6.45) is 3.06. The normalized spacial score (nSPS) is 19.4. The molecule has 0 N–H and O–H groups in total. The summed E-state index contributed by atoms with van der Waals surface area (Å²) in [6.45, 7) is 12.9. The Balaban J connectivity index is 1.12. The first-order chi connectivity index (χ1) is 18.9. The van der Waals surface area contributed by atoms with E-state index in [9.17, 15) is 4.79 Å². The van der Waals surface area contributed by atoms with Gasteiger partial charge in [-0.1, -0.05) is 48.9 Å². The van der Waals surface area contributed by atoms with Crippen LogP contribution in [0.1, 0.15) is 54.4 Å². The van der Waals surface area contributed by atoms with Gasteiger partial charge in [0.1, 0.15) is 10.6 Å². The van der Waals surface area contributed by atoms with Crippen LogP contribution in [0.25, 0.3) is 11.1 Å². The lowest BCUT2D eigenvalue weighted by molar-refractivity contribution is 0.0260. The van der Waals surface area contributed by atoms with Gasteiger partial charge in [-0.25, -0.2) is 0 Å². The van der Waals surface area contributed by atoms with Gasteiger partial charge in [-0.15, -0.1) is 11.3 Å². The molecular weight excluding hydrogens is 526 g/mol. The SMILES string of the molecule is CCOc1ccsc1C(=O)N1CCC(N2CCN(Cc3ccc(-c4cc(Cl)cc(CC)c4)cc3)C(C)C2)CC1. The van der Waals surface area contributed by atoms with Crippen molar-refractivity contribution in [1.82, 2.24) is 14.7 Å². The van der Waals surface area contributed by atoms with E-state index in [1.54, 1.807) is 0 Å². The number of hydrogen-bond donors (Lipinski definition) is 0. The van der Waals surface area contributed by atoms with Crippen LogP contribution in [0.15, 0.2) is 53.9 Å². The van der Waals surface area contributed by atoms with E-state index in [-0.39, 0.29) is 5.91 Å². The summed E-state index contributed by atoms with van der Waals surface area (Å²) in [7, 11) is 0. The number of likely N-dealkylation sites (tertiary alicyclic amines) is 1. The van der Waals surface area contributed by atoms with Crippen LogP contribution >= 0.6 is 22.9 Å². The maximum Gasteiger partial charge on any atom is 0.267 e. The smallest absolute Gasteiger partial charge is 0.267 e. The fourth-order valence-corrected chi connectivity index (χ4v) is 7.01. The number of amides is 1. The molecule has 2 aliphatic rings. The number of carbonyl (C=O) groups excluding carboxylic acids is 1. The topological polar surface area (TPSA) is 36.0 Å². The second kappa shape index (κ2) is 12.9. The Morgan fingerprint density at radius 2 is 1.74 bits per heavy atom. The van der Waals surface area contributed by atoms with Crippen LogP contribution in [0.2, 0.25) is 5.02 Å². The highest BCUT2D eigenvalue weighted by molar-refractivity contribution is 7.12. The molecule has 3 aromatic rings. The second-order valence-corrected chi connectivity index (χ2v) is 12.1. The van der Waals surface area contributed by atoms with E-state index >= 15 is 0 Å². The minimum absolute atomic E-state index is 0.122. The lowest BCUT2D eigenvalue weighted by Gasteiger charge is -2.45. The fraction of sp³-hybridized carbons (Fsp3) is 0.469. The van der Waals surface area contributed by atoms with Gasteiger partial charge in [-0.2, -0.15) is 0 Å². The molecule has 39 heavy (non-hydrogen) atoms. The lowest BCUT2D eigenvalue weighted by atomic mass is 9.99. The van der Waals surface area contributed by atoms with Gasteiger partial charge in [0.2, 0.25) is 0 Å². The Morgan fingerprint density at radius 3 is 2.44 bits per heavy atom. The number of halogens is 1. The molecule has 2 fully saturated rings. The number of benzene rings is 2. The highest BCUT2D eigenvalue weighted by atomic mass is 35.5. The molecule has 1 aromatic heterocycles. The average Bonchev–Trinajstić information content (AvgIpc) is 3.42. The molecule has 2 saturated heterocycles. The number of carbonyl (C=O) groups is 1. The Hall–Kier alpha value is -2.38. The molecule has 0 bridgehead atoms. The Bertz CT molecular complexity index is 1250. The van der Waals surface area contributed by atoms with Crippen molar-refractivity contribution in [3.63, 3.8) is 0 Å². The molecule has 208 valence electrons. The van der Waals surface area contributed by atoms with E-state index in [0.29, 0.717) is 18.7 Å². The number of aryl methyl sites for hydroxylation is 1. The average molecular weight is 566 g/mol. The zero-order chi connectivity index (χ0) is 27.4. The Kier molecular flexibility index (Phi) is 9.28. The summed E-state index contributed by atoms with van der Waals surface area (Å²) >= 11 is 7.83. The predicted molar refractivity (Wildman–Crippen MR) is 162 cm³/mol. The van der Waals surface area contributed by atoms with E-state index < -0.39 is 0 Å². The molecule has 2 aromatic carbocycles. The molecule has 5 rings (SSSR count). The van der Waals surface area contributed by atoms with Crippen molar-refractivity contribution in [2.24, 2.45) is 0 Å². The molecule has 1 atom stereocenters. The first-order valence-electron chi connectivity index (χ1n) is 14.3. The Labute approximate surface area is 242 Å². The van der Waals surface area contributed by atoms with Gasteiger partial charge in [-0.05, 0) is 78.9 Å². The molecular formula is C32H40ClN3O2S. The zero-order valence-corrected chi connectivity index (χ0v) is 24.9. The van der Waals surface area contributed by atoms with Crippen LogP contribution in [0, 0.1) is 0 Å². The fourth-order valence-electron chi connectivity index (χ4n) is 5.95. The van der Waals surface area contributed by atoms with Gasteiger partial charge in [0.15, 0.2) is 0 Å². The van der Waals surface area contributed by atoms with Crippen molar-refractivity contribution in [3.05, 3.63) is 74.9 Å². The van der Waals surface area contributed by atoms with Crippen LogP contribution in [0.5, 0.6) is 5.75 Å². The van der Waals surface area contributed by atoms with E-state index in [2.05, 4.69) is 60.0 Å². The first kappa shape index (κ1) is 28.2. The van der Waals surface area contributed by atoms with Crippen molar-refractivity contribution in [3.8, 4) is 16.9 Å². The monoisotopic (exact) mass is 565 g/mol. The Morgan fingerprint density at radius 1 is 0.974 bits per heavy atom. The number of piperazine rings is 1. The third-order valence-corrected chi connectivity index (χ3v) is 9.33. The molecule has 5 nitrogen and oxygen atoms in total. The summed E-state index contributed by atoms with van der Waals surface area (Å²) in [4.78, 5) is 21.1. The van der Waals surface area contributed by atoms with Gasteiger partial charge < -0.3 is 9.64 Å². The predicted octanol–water partition coefficient (Wildman–Crippen LogP) is 6.84. The van der Waals surface area contributed by atoms with E-state index in [1.807, 2.05) is 29.3 Å². The van der Waals surface area contributed by atoms with Crippen molar-refractivity contribution in [2.45, 2.75) is 58.7 Å². The summed E-state index contributed by atoms with van der Waals surface area (Å²) in [5, 5.41) is 2.75. The van der Waals surface area contributed by atoms with Gasteiger partial charge in [-0.3, -0.25) is 14.6 Å². The van der Waals surface area contributed by atoms with Crippen LogP contribution < -0.4 is 4.74 Å². The molecule has 0 aliphatic carbocycles. The van der Waals surface area contributed by atoms with Crippen molar-refractivity contribution in [1.29, 1.82) is 0 Å². The number of hydrogen-bond acceptors (Lipinski definition) is 5. The van der Waals surface area contributed by atoms with Crippen molar-refractivity contribution >= 4 is 28.8 Å². The quantitative estimate of drug-likeness (QED) is 0.299. The largest absolute Gasteiger partial charge is 0.492 e. The van der Waals surface area contributed by atoms with E-state index in [0.717, 1.165) is 74.2 Å². The van der Waals surface area contributed by atoms with Crippen LogP contribution in [-0.4, -0.2) is 72.0 Å². The van der Waals surface area contributed by atoms with Gasteiger partial charge in [0, 0.05) is 56.4 Å². The third-order valence-electron chi connectivity index (χ3n) is 8.23. The second-order valence-electron chi connectivity index (χ2n) is 10.8. The van der Waals surface area contributed by atoms with Crippen LogP contribution in [0.4, 0.5) is 0 Å². The first-order valence-corrected chi connectivity index (χ1v) is 15.6. The lowest BCUT2D eigenvalue weighted by Crippen LogP contribution is -2.56. The van der Waals surface area contributed by atoms with Crippen LogP contribution in [0.3, 0.4) is 0 Å². The molecule has 1 unspecified atom stereocenters. The number of nitrogens with zero attached hydrogens (tertiary/aromatic N) is 3. The standard InChI is InChI=1S/C32H40ClN3O2S/c1-4-24-18-27(20-28(33)19-24)26-8-6-25(7-9-26)22-35-15-16-36(21-23(35)3)29-10-13-34(14-11-29)32(37)31-30(38-5-2)12-17-39-31/h6-9,12,17-20,23,29H,4-5,10-11,13-16,21-22H2,1-3H3. The number of rotatable bonds is 8. The van der Waals surface area contributed by atoms with E-state index in [1.165, 1.54) is 33.6 Å².